The van der Waals surface area contributed by atoms with Crippen LogP contribution in [-0.2, 0) is 0 Å². The molecule has 0 radical (unpaired) electrons. The van der Waals surface area contributed by atoms with E-state index in [2.05, 4.69) is 10.1 Å². The molecule has 0 bridgehead atoms. The molecule has 0 aliphatic heterocycles. The van der Waals surface area contributed by atoms with Crippen molar-refractivity contribution in [3.63, 3.8) is 0 Å². The third-order valence-corrected chi connectivity index (χ3v) is 1.96. The van der Waals surface area contributed by atoms with Gasteiger partial charge < -0.3 is 0 Å². The fraction of sp³-hybridized carbons (Fsp3) is 0.222. The molecule has 84 valence electrons. The summed E-state index contributed by atoms with van der Waals surface area (Å²) in [6.45, 7) is 0. The Kier molecular flexibility index (Phi) is 2.59. The maximum atomic E-state index is 13.0. The first-order valence-electron chi connectivity index (χ1n) is 4.37. The summed E-state index contributed by atoms with van der Waals surface area (Å²) in [4.78, 5) is 15.0. The van der Waals surface area contributed by atoms with Gasteiger partial charge in [0.25, 0.3) is 12.0 Å². The molecule has 0 spiro atoms. The summed E-state index contributed by atoms with van der Waals surface area (Å²) in [5.41, 5.74) is -1.23. The molecule has 2 aromatic rings. The van der Waals surface area contributed by atoms with Crippen LogP contribution in [0.25, 0.3) is 5.65 Å². The summed E-state index contributed by atoms with van der Waals surface area (Å²) in [6.07, 6.45) is -4.42. The lowest BCUT2D eigenvalue weighted by Gasteiger charge is -2.06. The average Bonchev–Trinajstić information content (AvgIpc) is 2.28. The monoisotopic (exact) mass is 229 g/mol. The number of alkyl halides is 3. The van der Waals surface area contributed by atoms with Crippen molar-refractivity contribution in [3.8, 4) is 0 Å². The molecule has 16 heavy (non-hydrogen) atoms. The van der Waals surface area contributed by atoms with E-state index in [9.17, 15) is 18.0 Å². The van der Waals surface area contributed by atoms with E-state index in [4.69, 9.17) is 0 Å². The van der Waals surface area contributed by atoms with Crippen LogP contribution in [-0.4, -0.2) is 21.0 Å². The van der Waals surface area contributed by atoms with Crippen LogP contribution in [0.2, 0.25) is 0 Å². The lowest BCUT2D eigenvalue weighted by Crippen LogP contribution is -2.19. The Balaban J connectivity index is 2.63. The van der Waals surface area contributed by atoms with Crippen LogP contribution >= 0.6 is 0 Å². The highest BCUT2D eigenvalue weighted by Gasteiger charge is 2.24. The van der Waals surface area contributed by atoms with Crippen LogP contribution in [0.1, 0.15) is 11.9 Å². The summed E-state index contributed by atoms with van der Waals surface area (Å²) in [7, 11) is 0. The van der Waals surface area contributed by atoms with Crippen molar-refractivity contribution >= 4 is 5.65 Å². The lowest BCUT2D eigenvalue weighted by atomic mass is 10.2. The van der Waals surface area contributed by atoms with Crippen LogP contribution in [0.5, 0.6) is 0 Å². The Hall–Kier alpha value is -1.92. The predicted octanol–water partition coefficient (Wildman–Crippen LogP) is 1.37. The smallest absolute Gasteiger partial charge is 0.267 e. The third-order valence-electron chi connectivity index (χ3n) is 1.96. The fourth-order valence-corrected chi connectivity index (χ4v) is 1.24. The highest BCUT2D eigenvalue weighted by molar-refractivity contribution is 5.36. The van der Waals surface area contributed by atoms with Crippen molar-refractivity contribution in [1.82, 2.24) is 14.6 Å². The first kappa shape index (κ1) is 10.6. The van der Waals surface area contributed by atoms with Gasteiger partial charge >= 0.3 is 0 Å². The van der Waals surface area contributed by atoms with Gasteiger partial charge in [0, 0.05) is 12.3 Å². The summed E-state index contributed by atoms with van der Waals surface area (Å²) in [5.74, 6) is 0. The van der Waals surface area contributed by atoms with Gasteiger partial charge in [-0.2, -0.15) is 9.61 Å². The Morgan fingerprint density at radius 3 is 2.75 bits per heavy atom. The van der Waals surface area contributed by atoms with Gasteiger partial charge in [-0.1, -0.05) is 0 Å². The van der Waals surface area contributed by atoms with Crippen LogP contribution in [0.15, 0.2) is 29.2 Å². The van der Waals surface area contributed by atoms with E-state index in [1.165, 1.54) is 18.3 Å². The second kappa shape index (κ2) is 3.92. The van der Waals surface area contributed by atoms with E-state index in [1.807, 2.05) is 0 Å². The van der Waals surface area contributed by atoms with E-state index in [-0.39, 0.29) is 5.65 Å². The summed E-state index contributed by atoms with van der Waals surface area (Å²) in [6, 6.07) is 3.58. The molecule has 7 heteroatoms. The molecule has 0 aliphatic rings. The largest absolute Gasteiger partial charge is 0.275 e. The number of rotatable bonds is 2. The van der Waals surface area contributed by atoms with Gasteiger partial charge in [0.2, 0.25) is 6.17 Å². The van der Waals surface area contributed by atoms with Crippen molar-refractivity contribution < 1.29 is 13.2 Å². The molecule has 0 aliphatic carbocycles. The zero-order valence-electron chi connectivity index (χ0n) is 7.85. The molecule has 0 amide bonds. The van der Waals surface area contributed by atoms with Crippen molar-refractivity contribution in [2.24, 2.45) is 0 Å². The number of hydrogen-bond acceptors (Lipinski definition) is 3. The maximum Gasteiger partial charge on any atom is 0.275 e. The van der Waals surface area contributed by atoms with Gasteiger partial charge in [-0.05, 0) is 12.1 Å². The first-order chi connectivity index (χ1) is 7.59. The minimum absolute atomic E-state index is 0.0355. The quantitative estimate of drug-likeness (QED) is 0.781. The third kappa shape index (κ3) is 1.75. The Bertz CT molecular complexity index is 569. The van der Waals surface area contributed by atoms with E-state index >= 15 is 0 Å². The predicted molar refractivity (Wildman–Crippen MR) is 49.1 cm³/mol. The molecule has 0 saturated carbocycles. The van der Waals surface area contributed by atoms with Gasteiger partial charge in [-0.3, -0.25) is 4.79 Å². The topological polar surface area (TPSA) is 47.3 Å². The van der Waals surface area contributed by atoms with Gasteiger partial charge in [-0.15, -0.1) is 0 Å². The summed E-state index contributed by atoms with van der Waals surface area (Å²) in [5, 5.41) is 3.66. The molecule has 1 unspecified atom stereocenters. The van der Waals surface area contributed by atoms with Crippen LogP contribution < -0.4 is 5.56 Å². The number of fused-ring (bicyclic) bond motifs is 1. The number of nitrogens with zero attached hydrogens (tertiary/aromatic N) is 3. The first-order valence-corrected chi connectivity index (χ1v) is 4.37. The number of aromatic nitrogens is 3. The van der Waals surface area contributed by atoms with Crippen LogP contribution in [0, 0.1) is 0 Å². The minimum Gasteiger partial charge on any atom is -0.267 e. The van der Waals surface area contributed by atoms with Gasteiger partial charge in [0.15, 0.2) is 5.65 Å². The van der Waals surface area contributed by atoms with Gasteiger partial charge in [0.1, 0.15) is 0 Å². The van der Waals surface area contributed by atoms with Gasteiger partial charge in [-0.25, -0.2) is 18.2 Å². The zero-order chi connectivity index (χ0) is 11.7. The van der Waals surface area contributed by atoms with E-state index in [0.717, 1.165) is 10.6 Å². The molecular formula is C9H6F3N3O. The van der Waals surface area contributed by atoms with Crippen molar-refractivity contribution in [2.45, 2.75) is 12.6 Å². The maximum absolute atomic E-state index is 13.0. The number of hydrogen-bond donors (Lipinski definition) is 0. The van der Waals surface area contributed by atoms with Gasteiger partial charge in [0.05, 0.1) is 5.69 Å². The van der Waals surface area contributed by atoms with E-state index < -0.39 is 23.9 Å². The SMILES string of the molecule is O=c1cc(C(F)C(F)F)nc2cccnn12. The molecule has 2 heterocycles. The molecule has 4 nitrogen and oxygen atoms in total. The standard InChI is InChI=1S/C9H6F3N3O/c10-8(9(11)12)5-4-7(16)15-6(14-5)2-1-3-13-15/h1-4,8-9H. The fourth-order valence-electron chi connectivity index (χ4n) is 1.24. The second-order valence-electron chi connectivity index (χ2n) is 3.05. The highest BCUT2D eigenvalue weighted by atomic mass is 19.3. The molecular weight excluding hydrogens is 223 g/mol. The van der Waals surface area contributed by atoms with E-state index in [0.29, 0.717) is 0 Å². The molecule has 0 fully saturated rings. The Morgan fingerprint density at radius 1 is 1.31 bits per heavy atom. The van der Waals surface area contributed by atoms with E-state index in [1.54, 1.807) is 0 Å². The highest BCUT2D eigenvalue weighted by Crippen LogP contribution is 2.21. The summed E-state index contributed by atoms with van der Waals surface area (Å²) < 4.78 is 38.1. The molecule has 0 N–H and O–H groups in total. The lowest BCUT2D eigenvalue weighted by molar-refractivity contribution is 0.0473. The normalized spacial score (nSPS) is 13.2. The average molecular weight is 229 g/mol. The van der Waals surface area contributed by atoms with Crippen LogP contribution in [0.4, 0.5) is 13.2 Å². The molecule has 0 aromatic carbocycles. The zero-order valence-corrected chi connectivity index (χ0v) is 7.85. The molecule has 2 aromatic heterocycles. The second-order valence-corrected chi connectivity index (χ2v) is 3.05. The Labute approximate surface area is 87.4 Å². The minimum atomic E-state index is -3.20. The molecule has 0 saturated heterocycles. The van der Waals surface area contributed by atoms with Crippen molar-refractivity contribution in [1.29, 1.82) is 0 Å². The molecule has 1 atom stereocenters. The Morgan fingerprint density at radius 2 is 2.06 bits per heavy atom. The van der Waals surface area contributed by atoms with Crippen LogP contribution in [0.3, 0.4) is 0 Å². The molecule has 2 rings (SSSR count). The van der Waals surface area contributed by atoms with Crippen molar-refractivity contribution in [2.75, 3.05) is 0 Å². The summed E-state index contributed by atoms with van der Waals surface area (Å²) >= 11 is 0. The van der Waals surface area contributed by atoms with Crippen molar-refractivity contribution in [3.05, 3.63) is 40.4 Å². The number of halogens is 3.